The molecule has 0 spiro atoms. The zero-order chi connectivity index (χ0) is 8.27. The van der Waals surface area contributed by atoms with Crippen LogP contribution in [0.25, 0.3) is 0 Å². The monoisotopic (exact) mass is 171 g/mol. The van der Waals surface area contributed by atoms with E-state index in [-0.39, 0.29) is 5.76 Å². The van der Waals surface area contributed by atoms with Gasteiger partial charge in [-0.15, -0.1) is 4.91 Å². The van der Waals surface area contributed by atoms with E-state index in [0.29, 0.717) is 5.09 Å². The van der Waals surface area contributed by atoms with Crippen molar-refractivity contribution in [3.63, 3.8) is 0 Å². The average Bonchev–Trinajstić information content (AvgIpc) is 2.50. The molecule has 0 saturated heterocycles. The number of carbonyl (C=O) groups is 1. The third-order valence-electron chi connectivity index (χ3n) is 1.08. The second-order valence-electron chi connectivity index (χ2n) is 1.72. The van der Waals surface area contributed by atoms with Gasteiger partial charge in [-0.25, -0.2) is 0 Å². The second-order valence-corrected chi connectivity index (χ2v) is 2.53. The minimum Gasteiger partial charge on any atom is -0.445 e. The number of carbonyl (C=O) groups excluding carboxylic acids is 1. The maximum Gasteiger partial charge on any atom is 0.351 e. The van der Waals surface area contributed by atoms with Gasteiger partial charge in [0.2, 0.25) is 0 Å². The molecule has 58 valence electrons. The van der Waals surface area contributed by atoms with Crippen molar-refractivity contribution in [2.75, 3.05) is 6.26 Å². The summed E-state index contributed by atoms with van der Waals surface area (Å²) in [5.74, 6) is -0.880. The largest absolute Gasteiger partial charge is 0.445 e. The van der Waals surface area contributed by atoms with Crippen molar-refractivity contribution >= 4 is 17.7 Å². The van der Waals surface area contributed by atoms with Gasteiger partial charge < -0.3 is 4.42 Å². The van der Waals surface area contributed by atoms with Gasteiger partial charge in [-0.3, -0.25) is 4.79 Å². The zero-order valence-electron chi connectivity index (χ0n) is 5.73. The van der Waals surface area contributed by atoms with E-state index in [9.17, 15) is 9.70 Å². The fraction of sp³-hybridized carbons (Fsp3) is 0.167. The Morgan fingerprint density at radius 2 is 2.36 bits per heavy atom. The Morgan fingerprint density at radius 1 is 1.64 bits per heavy atom. The Balaban J connectivity index is 2.88. The molecule has 1 amide bonds. The van der Waals surface area contributed by atoms with Gasteiger partial charge in [-0.05, 0) is 18.4 Å². The number of nitroso groups, excluding NO2 is 1. The highest BCUT2D eigenvalue weighted by Crippen LogP contribution is 2.18. The molecule has 1 heterocycles. The third-order valence-corrected chi connectivity index (χ3v) is 1.70. The number of rotatable bonds is 2. The van der Waals surface area contributed by atoms with E-state index in [0.717, 1.165) is 0 Å². The molecule has 0 radical (unpaired) electrons. The van der Waals surface area contributed by atoms with Crippen LogP contribution in [0.3, 0.4) is 0 Å². The minimum absolute atomic E-state index is 0.00986. The third kappa shape index (κ3) is 1.68. The van der Waals surface area contributed by atoms with E-state index in [1.54, 1.807) is 12.3 Å². The van der Waals surface area contributed by atoms with E-state index in [2.05, 4.69) is 5.18 Å². The van der Waals surface area contributed by atoms with E-state index in [1.165, 1.54) is 17.8 Å². The number of thioether (sulfide) groups is 1. The predicted octanol–water partition coefficient (Wildman–Crippen LogP) is 1.91. The molecule has 0 aliphatic carbocycles. The lowest BCUT2D eigenvalue weighted by atomic mass is 10.4. The number of furan rings is 1. The molecule has 1 aromatic heterocycles. The SMILES string of the molecule is CSc1ccc(C(=O)N=O)o1. The number of hydrogen-bond acceptors (Lipinski definition) is 4. The van der Waals surface area contributed by atoms with Gasteiger partial charge in [0.25, 0.3) is 0 Å². The van der Waals surface area contributed by atoms with Crippen molar-refractivity contribution in [2.45, 2.75) is 5.09 Å². The lowest BCUT2D eigenvalue weighted by Gasteiger charge is -1.84. The molecule has 1 aromatic rings. The van der Waals surface area contributed by atoms with Gasteiger partial charge in [0.05, 0.1) is 0 Å². The predicted molar refractivity (Wildman–Crippen MR) is 40.6 cm³/mol. The Labute approximate surface area is 66.9 Å². The molecule has 0 atom stereocenters. The lowest BCUT2D eigenvalue weighted by Crippen LogP contribution is -1.88. The molecule has 0 bridgehead atoms. The zero-order valence-corrected chi connectivity index (χ0v) is 6.55. The molecule has 0 unspecified atom stereocenters. The van der Waals surface area contributed by atoms with E-state index in [4.69, 9.17) is 4.42 Å². The lowest BCUT2D eigenvalue weighted by molar-refractivity contribution is 0.0969. The molecule has 11 heavy (non-hydrogen) atoms. The number of hydrogen-bond donors (Lipinski definition) is 0. The molecule has 0 fully saturated rings. The fourth-order valence-electron chi connectivity index (χ4n) is 0.590. The van der Waals surface area contributed by atoms with Crippen molar-refractivity contribution in [3.05, 3.63) is 22.8 Å². The van der Waals surface area contributed by atoms with Crippen LogP contribution in [-0.4, -0.2) is 12.2 Å². The van der Waals surface area contributed by atoms with Crippen LogP contribution < -0.4 is 0 Å². The van der Waals surface area contributed by atoms with Gasteiger partial charge in [0.1, 0.15) is 0 Å². The van der Waals surface area contributed by atoms with E-state index in [1.807, 2.05) is 0 Å². The van der Waals surface area contributed by atoms with Crippen LogP contribution in [0.1, 0.15) is 10.6 Å². The molecule has 0 N–H and O–H groups in total. The summed E-state index contributed by atoms with van der Waals surface area (Å²) in [6, 6.07) is 3.04. The van der Waals surface area contributed by atoms with Crippen LogP contribution in [-0.2, 0) is 0 Å². The normalized spacial score (nSPS) is 9.55. The molecular formula is C6H5NO3S. The molecule has 0 saturated carbocycles. The van der Waals surface area contributed by atoms with Crippen molar-refractivity contribution in [1.29, 1.82) is 0 Å². The van der Waals surface area contributed by atoms with Gasteiger partial charge in [-0.1, -0.05) is 11.8 Å². The topological polar surface area (TPSA) is 59.6 Å². The second kappa shape index (κ2) is 3.34. The highest BCUT2D eigenvalue weighted by molar-refractivity contribution is 7.98. The van der Waals surface area contributed by atoms with Crippen LogP contribution in [0.5, 0.6) is 0 Å². The van der Waals surface area contributed by atoms with Gasteiger partial charge in [0.15, 0.2) is 10.9 Å². The average molecular weight is 171 g/mol. The van der Waals surface area contributed by atoms with Crippen molar-refractivity contribution in [1.82, 2.24) is 0 Å². The molecule has 4 nitrogen and oxygen atoms in total. The van der Waals surface area contributed by atoms with Gasteiger partial charge in [-0.2, -0.15) is 0 Å². The Bertz CT molecular complexity index is 281. The first-order valence-electron chi connectivity index (χ1n) is 2.79. The molecule has 0 aromatic carbocycles. The molecule has 1 rings (SSSR count). The highest BCUT2D eigenvalue weighted by Gasteiger charge is 2.09. The first-order valence-corrected chi connectivity index (χ1v) is 4.02. The summed E-state index contributed by atoms with van der Waals surface area (Å²) in [5, 5.41) is 2.81. The molecule has 5 heteroatoms. The summed E-state index contributed by atoms with van der Waals surface area (Å²) in [7, 11) is 0. The molecular weight excluding hydrogens is 166 g/mol. The summed E-state index contributed by atoms with van der Waals surface area (Å²) in [6.45, 7) is 0. The standard InChI is InChI=1S/C6H5NO3S/c1-11-5-3-2-4(10-5)6(8)7-9/h2-3H,1H3. The van der Waals surface area contributed by atoms with Crippen LogP contribution in [0.15, 0.2) is 26.8 Å². The maximum absolute atomic E-state index is 10.6. The Hall–Kier alpha value is -1.10. The Kier molecular flexibility index (Phi) is 2.43. The van der Waals surface area contributed by atoms with Crippen LogP contribution in [0.4, 0.5) is 0 Å². The Morgan fingerprint density at radius 3 is 2.82 bits per heavy atom. The summed E-state index contributed by atoms with van der Waals surface area (Å²) < 4.78 is 4.91. The van der Waals surface area contributed by atoms with Gasteiger partial charge in [0, 0.05) is 5.18 Å². The number of nitrogens with zero attached hydrogens (tertiary/aromatic N) is 1. The molecule has 0 aliphatic heterocycles. The maximum atomic E-state index is 10.6. The number of amides is 1. The van der Waals surface area contributed by atoms with Gasteiger partial charge >= 0.3 is 5.91 Å². The minimum atomic E-state index is -0.870. The van der Waals surface area contributed by atoms with E-state index >= 15 is 0 Å². The summed E-state index contributed by atoms with van der Waals surface area (Å²) in [5.41, 5.74) is 0. The summed E-state index contributed by atoms with van der Waals surface area (Å²) in [6.07, 6.45) is 1.81. The quantitative estimate of drug-likeness (QED) is 0.503. The smallest absolute Gasteiger partial charge is 0.351 e. The fourth-order valence-corrected chi connectivity index (χ4v) is 0.967. The highest BCUT2D eigenvalue weighted by atomic mass is 32.2. The van der Waals surface area contributed by atoms with Crippen molar-refractivity contribution in [3.8, 4) is 0 Å². The van der Waals surface area contributed by atoms with E-state index < -0.39 is 5.91 Å². The van der Waals surface area contributed by atoms with Crippen LogP contribution in [0.2, 0.25) is 0 Å². The first-order chi connectivity index (χ1) is 5.27. The van der Waals surface area contributed by atoms with Crippen molar-refractivity contribution in [2.24, 2.45) is 5.18 Å². The van der Waals surface area contributed by atoms with Crippen LogP contribution in [0, 0.1) is 4.91 Å². The van der Waals surface area contributed by atoms with Crippen molar-refractivity contribution < 1.29 is 9.21 Å². The summed E-state index contributed by atoms with van der Waals surface area (Å²) >= 11 is 1.35. The summed E-state index contributed by atoms with van der Waals surface area (Å²) in [4.78, 5) is 20.3. The van der Waals surface area contributed by atoms with Crippen LogP contribution >= 0.6 is 11.8 Å². The first kappa shape index (κ1) is 8.00. The molecule has 0 aliphatic rings.